The second-order valence-electron chi connectivity index (χ2n) is 4.11. The first-order valence-electron chi connectivity index (χ1n) is 5.96. The van der Waals surface area contributed by atoms with Crippen LogP contribution >= 0.6 is 23.8 Å². The van der Waals surface area contributed by atoms with Crippen LogP contribution in [0, 0.1) is 0 Å². The molecule has 2 rings (SSSR count). The fourth-order valence-corrected chi connectivity index (χ4v) is 2.08. The normalized spacial score (nSPS) is 10.1. The molecule has 2 N–H and O–H groups in total. The molecule has 0 fully saturated rings. The van der Waals surface area contributed by atoms with E-state index in [0.717, 1.165) is 5.56 Å². The number of hydrogen-bond donors (Lipinski definition) is 1. The van der Waals surface area contributed by atoms with Crippen molar-refractivity contribution in [3.8, 4) is 11.5 Å². The van der Waals surface area contributed by atoms with Gasteiger partial charge in [0.25, 0.3) is 0 Å². The van der Waals surface area contributed by atoms with Gasteiger partial charge in [-0.3, -0.25) is 0 Å². The van der Waals surface area contributed by atoms with Crippen LogP contribution in [0.25, 0.3) is 0 Å². The van der Waals surface area contributed by atoms with Gasteiger partial charge in [0, 0.05) is 16.7 Å². The molecule has 0 aromatic heterocycles. The number of hydrogen-bond acceptors (Lipinski definition) is 3. The average molecular weight is 308 g/mol. The molecule has 0 amide bonds. The zero-order valence-corrected chi connectivity index (χ0v) is 12.5. The van der Waals surface area contributed by atoms with Crippen molar-refractivity contribution in [2.24, 2.45) is 5.73 Å². The van der Waals surface area contributed by atoms with Gasteiger partial charge >= 0.3 is 0 Å². The lowest BCUT2D eigenvalue weighted by Gasteiger charge is -2.13. The Hall–Kier alpha value is -1.78. The number of methoxy groups -OCH3 is 1. The highest BCUT2D eigenvalue weighted by molar-refractivity contribution is 7.80. The lowest BCUT2D eigenvalue weighted by Crippen LogP contribution is -2.12. The van der Waals surface area contributed by atoms with Crippen LogP contribution in [0.1, 0.15) is 11.1 Å². The maximum absolute atomic E-state index is 6.10. The molecule has 0 atom stereocenters. The lowest BCUT2D eigenvalue weighted by molar-refractivity contribution is 0.303. The Morgan fingerprint density at radius 3 is 2.65 bits per heavy atom. The third-order valence-electron chi connectivity index (χ3n) is 2.80. The van der Waals surface area contributed by atoms with Crippen LogP contribution in [0.2, 0.25) is 5.02 Å². The van der Waals surface area contributed by atoms with Gasteiger partial charge in [0.1, 0.15) is 23.1 Å². The van der Waals surface area contributed by atoms with Gasteiger partial charge < -0.3 is 15.2 Å². The van der Waals surface area contributed by atoms with Gasteiger partial charge in [-0.2, -0.15) is 0 Å². The van der Waals surface area contributed by atoms with E-state index in [2.05, 4.69) is 0 Å². The first-order chi connectivity index (χ1) is 9.61. The van der Waals surface area contributed by atoms with Crippen molar-refractivity contribution >= 4 is 28.8 Å². The third-order valence-corrected chi connectivity index (χ3v) is 3.38. The highest BCUT2D eigenvalue weighted by Gasteiger charge is 2.09. The SMILES string of the molecule is COc1ccc(C(N)=S)c(OCc2ccccc2Cl)c1. The smallest absolute Gasteiger partial charge is 0.133 e. The van der Waals surface area contributed by atoms with Gasteiger partial charge in [0.05, 0.1) is 12.7 Å². The summed E-state index contributed by atoms with van der Waals surface area (Å²) < 4.78 is 11.0. The molecule has 0 aliphatic carbocycles. The summed E-state index contributed by atoms with van der Waals surface area (Å²) in [7, 11) is 1.59. The summed E-state index contributed by atoms with van der Waals surface area (Å²) >= 11 is 11.1. The van der Waals surface area contributed by atoms with Crippen molar-refractivity contribution in [3.05, 3.63) is 58.6 Å². The van der Waals surface area contributed by atoms with E-state index in [4.69, 9.17) is 39.0 Å². The van der Waals surface area contributed by atoms with Gasteiger partial charge in [-0.05, 0) is 18.2 Å². The Labute approximate surface area is 128 Å². The average Bonchev–Trinajstić information content (AvgIpc) is 2.46. The molecule has 0 saturated carbocycles. The third kappa shape index (κ3) is 3.40. The van der Waals surface area contributed by atoms with E-state index in [1.54, 1.807) is 25.3 Å². The van der Waals surface area contributed by atoms with E-state index in [9.17, 15) is 0 Å². The van der Waals surface area contributed by atoms with E-state index in [-0.39, 0.29) is 4.99 Å². The molecule has 3 nitrogen and oxygen atoms in total. The van der Waals surface area contributed by atoms with Crippen LogP contribution in [0.5, 0.6) is 11.5 Å². The van der Waals surface area contributed by atoms with E-state index in [1.165, 1.54) is 0 Å². The predicted molar refractivity (Wildman–Crippen MR) is 84.7 cm³/mol. The van der Waals surface area contributed by atoms with Gasteiger partial charge in [0.15, 0.2) is 0 Å². The Bertz CT molecular complexity index is 631. The summed E-state index contributed by atoms with van der Waals surface area (Å²) in [5, 5.41) is 0.660. The van der Waals surface area contributed by atoms with E-state index < -0.39 is 0 Å². The molecule has 0 saturated heterocycles. The standard InChI is InChI=1S/C15H14ClNO2S/c1-18-11-6-7-12(15(17)20)14(8-11)19-9-10-4-2-3-5-13(10)16/h2-8H,9H2,1H3,(H2,17,20). The van der Waals surface area contributed by atoms with E-state index in [0.29, 0.717) is 28.7 Å². The molecular formula is C15H14ClNO2S. The summed E-state index contributed by atoms with van der Waals surface area (Å²) in [5.74, 6) is 1.26. The highest BCUT2D eigenvalue weighted by atomic mass is 35.5. The molecule has 0 heterocycles. The first kappa shape index (κ1) is 14.6. The maximum Gasteiger partial charge on any atom is 0.133 e. The van der Waals surface area contributed by atoms with Gasteiger partial charge in [0.2, 0.25) is 0 Å². The number of halogens is 1. The van der Waals surface area contributed by atoms with Gasteiger partial charge in [-0.1, -0.05) is 42.0 Å². The summed E-state index contributed by atoms with van der Waals surface area (Å²) in [5.41, 5.74) is 7.26. The van der Waals surface area contributed by atoms with Crippen molar-refractivity contribution in [2.75, 3.05) is 7.11 Å². The Morgan fingerprint density at radius 2 is 2.00 bits per heavy atom. The number of benzene rings is 2. The Morgan fingerprint density at radius 1 is 1.25 bits per heavy atom. The molecule has 2 aromatic carbocycles. The second kappa shape index (κ2) is 6.59. The van der Waals surface area contributed by atoms with Gasteiger partial charge in [-0.25, -0.2) is 0 Å². The number of nitrogens with two attached hydrogens (primary N) is 1. The molecule has 2 aromatic rings. The summed E-state index contributed by atoms with van der Waals surface area (Å²) in [6.07, 6.45) is 0. The summed E-state index contributed by atoms with van der Waals surface area (Å²) in [6.45, 7) is 0.336. The number of rotatable bonds is 5. The second-order valence-corrected chi connectivity index (χ2v) is 4.95. The predicted octanol–water partition coefficient (Wildman–Crippen LogP) is 3.56. The van der Waals surface area contributed by atoms with Crippen molar-refractivity contribution < 1.29 is 9.47 Å². The van der Waals surface area contributed by atoms with Crippen molar-refractivity contribution in [1.29, 1.82) is 0 Å². The highest BCUT2D eigenvalue weighted by Crippen LogP contribution is 2.26. The van der Waals surface area contributed by atoms with E-state index >= 15 is 0 Å². The molecule has 0 radical (unpaired) electrons. The molecule has 0 aliphatic heterocycles. The minimum Gasteiger partial charge on any atom is -0.497 e. The van der Waals surface area contributed by atoms with Crippen LogP contribution in [-0.4, -0.2) is 12.1 Å². The van der Waals surface area contributed by atoms with Crippen molar-refractivity contribution in [3.63, 3.8) is 0 Å². The van der Waals surface area contributed by atoms with Crippen LogP contribution < -0.4 is 15.2 Å². The number of thiocarbonyl (C=S) groups is 1. The lowest BCUT2D eigenvalue weighted by atomic mass is 10.2. The van der Waals surface area contributed by atoms with Gasteiger partial charge in [-0.15, -0.1) is 0 Å². The van der Waals surface area contributed by atoms with E-state index in [1.807, 2.05) is 24.3 Å². The first-order valence-corrected chi connectivity index (χ1v) is 6.74. The van der Waals surface area contributed by atoms with Crippen molar-refractivity contribution in [2.45, 2.75) is 6.61 Å². The number of ether oxygens (including phenoxy) is 2. The zero-order valence-electron chi connectivity index (χ0n) is 10.9. The molecule has 0 spiro atoms. The summed E-state index contributed by atoms with van der Waals surface area (Å²) in [6, 6.07) is 12.8. The van der Waals surface area contributed by atoms with Crippen LogP contribution in [0.3, 0.4) is 0 Å². The molecular weight excluding hydrogens is 294 g/mol. The molecule has 0 bridgehead atoms. The largest absolute Gasteiger partial charge is 0.497 e. The Balaban J connectivity index is 2.24. The molecule has 0 unspecified atom stereocenters. The fraction of sp³-hybridized carbons (Fsp3) is 0.133. The quantitative estimate of drug-likeness (QED) is 0.858. The molecule has 0 aliphatic rings. The molecule has 104 valence electrons. The molecule has 20 heavy (non-hydrogen) atoms. The maximum atomic E-state index is 6.10. The minimum absolute atomic E-state index is 0.279. The zero-order chi connectivity index (χ0) is 14.5. The van der Waals surface area contributed by atoms with Crippen LogP contribution in [0.4, 0.5) is 0 Å². The molecule has 5 heteroatoms. The van der Waals surface area contributed by atoms with Crippen LogP contribution in [0.15, 0.2) is 42.5 Å². The fourth-order valence-electron chi connectivity index (χ4n) is 1.72. The topological polar surface area (TPSA) is 44.5 Å². The minimum atomic E-state index is 0.279. The van der Waals surface area contributed by atoms with Crippen LogP contribution in [-0.2, 0) is 6.61 Å². The van der Waals surface area contributed by atoms with Crippen molar-refractivity contribution in [1.82, 2.24) is 0 Å². The Kier molecular flexibility index (Phi) is 4.82. The monoisotopic (exact) mass is 307 g/mol. The summed E-state index contributed by atoms with van der Waals surface area (Å²) in [4.78, 5) is 0.279.